The first kappa shape index (κ1) is 17.0. The summed E-state index contributed by atoms with van der Waals surface area (Å²) in [6, 6.07) is 2.01. The third-order valence-corrected chi connectivity index (χ3v) is 7.55. The lowest BCUT2D eigenvalue weighted by Crippen LogP contribution is -2.49. The van der Waals surface area contributed by atoms with Gasteiger partial charge in [-0.3, -0.25) is 0 Å². The summed E-state index contributed by atoms with van der Waals surface area (Å²) >= 11 is 1.53. The number of aryl methyl sites for hydroxylation is 1. The van der Waals surface area contributed by atoms with Gasteiger partial charge in [0.1, 0.15) is 5.82 Å². The minimum atomic E-state index is -3.12. The van der Waals surface area contributed by atoms with E-state index in [1.54, 1.807) is 11.4 Å². The van der Waals surface area contributed by atoms with Crippen LogP contribution in [0.4, 0.5) is 5.82 Å². The number of anilines is 1. The van der Waals surface area contributed by atoms with Gasteiger partial charge in [-0.1, -0.05) is 11.8 Å². The van der Waals surface area contributed by atoms with Crippen LogP contribution in [0.2, 0.25) is 0 Å². The highest BCUT2D eigenvalue weighted by atomic mass is 32.2. The number of sulfonamides is 1. The van der Waals surface area contributed by atoms with Crippen LogP contribution in [-0.2, 0) is 10.0 Å². The number of hydrogen-bond donors (Lipinski definition) is 0. The van der Waals surface area contributed by atoms with E-state index in [0.717, 1.165) is 48.9 Å². The molecule has 0 radical (unpaired) electrons. The predicted octanol–water partition coefficient (Wildman–Crippen LogP) is 1.90. The molecule has 2 heterocycles. The van der Waals surface area contributed by atoms with E-state index in [2.05, 4.69) is 14.9 Å². The topological polar surface area (TPSA) is 66.4 Å². The number of likely N-dealkylation sites (N-methyl/N-ethyl adjacent to an activating group) is 1. The van der Waals surface area contributed by atoms with Gasteiger partial charge in [0, 0.05) is 37.9 Å². The van der Waals surface area contributed by atoms with Crippen molar-refractivity contribution >= 4 is 27.6 Å². The van der Waals surface area contributed by atoms with Gasteiger partial charge in [-0.25, -0.2) is 18.4 Å². The van der Waals surface area contributed by atoms with E-state index in [1.165, 1.54) is 11.8 Å². The third-order valence-electron chi connectivity index (χ3n) is 4.58. The molecule has 128 valence electrons. The third kappa shape index (κ3) is 3.64. The van der Waals surface area contributed by atoms with Crippen LogP contribution >= 0.6 is 11.8 Å². The summed E-state index contributed by atoms with van der Waals surface area (Å²) in [5.74, 6) is 0.906. The Morgan fingerprint density at radius 2 is 2.04 bits per heavy atom. The van der Waals surface area contributed by atoms with Crippen LogP contribution < -0.4 is 4.90 Å². The van der Waals surface area contributed by atoms with Crippen LogP contribution in [0, 0.1) is 6.92 Å². The number of hydrogen-bond acceptors (Lipinski definition) is 6. The molecular weight excluding hydrogens is 332 g/mol. The molecule has 2 aliphatic rings. The molecule has 1 saturated heterocycles. The number of piperidine rings is 1. The number of thioether (sulfide) groups is 1. The van der Waals surface area contributed by atoms with Crippen LogP contribution in [0.1, 0.15) is 31.4 Å². The Morgan fingerprint density at radius 1 is 1.30 bits per heavy atom. The number of nitrogens with zero attached hydrogens (tertiary/aromatic N) is 4. The van der Waals surface area contributed by atoms with Crippen molar-refractivity contribution in [1.82, 2.24) is 14.3 Å². The van der Waals surface area contributed by atoms with E-state index < -0.39 is 10.0 Å². The van der Waals surface area contributed by atoms with Gasteiger partial charge in [-0.2, -0.15) is 4.31 Å². The first-order chi connectivity index (χ1) is 10.9. The van der Waals surface area contributed by atoms with Gasteiger partial charge >= 0.3 is 0 Å². The summed E-state index contributed by atoms with van der Waals surface area (Å²) in [5, 5.41) is 0.619. The van der Waals surface area contributed by atoms with Crippen molar-refractivity contribution in [3.8, 4) is 0 Å². The van der Waals surface area contributed by atoms with Gasteiger partial charge in [0.15, 0.2) is 5.16 Å². The molecule has 0 aromatic carbocycles. The largest absolute Gasteiger partial charge is 0.355 e. The maximum atomic E-state index is 12.5. The maximum Gasteiger partial charge on any atom is 0.217 e. The molecule has 1 aromatic heterocycles. The average Bonchev–Trinajstić information content (AvgIpc) is 3.39. The van der Waals surface area contributed by atoms with Gasteiger partial charge in [-0.15, -0.1) is 0 Å². The van der Waals surface area contributed by atoms with Crippen molar-refractivity contribution in [1.29, 1.82) is 0 Å². The highest BCUT2D eigenvalue weighted by Crippen LogP contribution is 2.33. The van der Waals surface area contributed by atoms with Crippen molar-refractivity contribution in [3.63, 3.8) is 0 Å². The first-order valence-corrected chi connectivity index (χ1v) is 10.8. The zero-order valence-corrected chi connectivity index (χ0v) is 15.5. The minimum Gasteiger partial charge on any atom is -0.355 e. The molecule has 0 N–H and O–H groups in total. The van der Waals surface area contributed by atoms with Crippen LogP contribution in [0.5, 0.6) is 0 Å². The fourth-order valence-electron chi connectivity index (χ4n) is 3.05. The van der Waals surface area contributed by atoms with Gasteiger partial charge in [0.05, 0.1) is 5.25 Å². The molecule has 1 aliphatic heterocycles. The Morgan fingerprint density at radius 3 is 2.70 bits per heavy atom. The lowest BCUT2D eigenvalue weighted by Gasteiger charge is -2.37. The smallest absolute Gasteiger partial charge is 0.217 e. The highest BCUT2D eigenvalue weighted by Gasteiger charge is 2.41. The van der Waals surface area contributed by atoms with Crippen molar-refractivity contribution in [2.24, 2.45) is 0 Å². The Kier molecular flexibility index (Phi) is 4.85. The first-order valence-electron chi connectivity index (χ1n) is 8.03. The molecule has 1 aliphatic carbocycles. The molecule has 1 unspecified atom stereocenters. The maximum absolute atomic E-state index is 12.5. The zero-order chi connectivity index (χ0) is 16.6. The monoisotopic (exact) mass is 356 g/mol. The second-order valence-corrected chi connectivity index (χ2v) is 9.40. The Labute approximate surface area is 142 Å². The van der Waals surface area contributed by atoms with E-state index in [1.807, 2.05) is 19.2 Å². The zero-order valence-electron chi connectivity index (χ0n) is 13.9. The molecule has 1 saturated carbocycles. The Hall–Kier alpha value is -0.860. The number of aromatic nitrogens is 2. The van der Waals surface area contributed by atoms with Crippen LogP contribution in [0.3, 0.4) is 0 Å². The highest BCUT2D eigenvalue weighted by molar-refractivity contribution is 7.98. The average molecular weight is 357 g/mol. The summed E-state index contributed by atoms with van der Waals surface area (Å²) in [5.41, 5.74) is 0.945. The standard InChI is InChI=1S/C15H24N4O2S2/c1-11-9-14(17-15(16-11)22-3)19-8-4-5-12(10-19)18(2)23(20,21)13-6-7-13/h9,12-13H,4-8,10H2,1-3H3. The van der Waals surface area contributed by atoms with Crippen LogP contribution in [-0.4, -0.2) is 60.4 Å². The van der Waals surface area contributed by atoms with Crippen LogP contribution in [0.15, 0.2) is 11.2 Å². The quantitative estimate of drug-likeness (QED) is 0.593. The molecule has 0 spiro atoms. The van der Waals surface area contributed by atoms with Gasteiger partial charge in [-0.05, 0) is 38.9 Å². The van der Waals surface area contributed by atoms with E-state index in [0.29, 0.717) is 6.54 Å². The SMILES string of the molecule is CSc1nc(C)cc(N2CCCC(N(C)S(=O)(=O)C3CC3)C2)n1. The summed E-state index contributed by atoms with van der Waals surface area (Å²) in [4.78, 5) is 11.2. The minimum absolute atomic E-state index is 0.0300. The van der Waals surface area contributed by atoms with Crippen molar-refractivity contribution in [2.75, 3.05) is 31.3 Å². The molecule has 2 fully saturated rings. The second kappa shape index (κ2) is 6.57. The summed E-state index contributed by atoms with van der Waals surface area (Å²) in [6.07, 6.45) is 5.48. The fraction of sp³-hybridized carbons (Fsp3) is 0.733. The summed E-state index contributed by atoms with van der Waals surface area (Å²) in [7, 11) is -1.39. The Balaban J connectivity index is 1.77. The summed E-state index contributed by atoms with van der Waals surface area (Å²) in [6.45, 7) is 3.58. The van der Waals surface area contributed by atoms with Crippen LogP contribution in [0.25, 0.3) is 0 Å². The fourth-order valence-corrected chi connectivity index (χ4v) is 5.26. The van der Waals surface area contributed by atoms with E-state index in [-0.39, 0.29) is 11.3 Å². The van der Waals surface area contributed by atoms with Gasteiger partial charge in [0.25, 0.3) is 0 Å². The van der Waals surface area contributed by atoms with Gasteiger partial charge in [0.2, 0.25) is 10.0 Å². The van der Waals surface area contributed by atoms with E-state index in [4.69, 9.17) is 0 Å². The predicted molar refractivity (Wildman–Crippen MR) is 93.5 cm³/mol. The lowest BCUT2D eigenvalue weighted by molar-refractivity contribution is 0.319. The lowest BCUT2D eigenvalue weighted by atomic mass is 10.1. The Bertz CT molecular complexity index is 676. The summed E-state index contributed by atoms with van der Waals surface area (Å²) < 4.78 is 26.5. The molecule has 0 amide bonds. The number of rotatable bonds is 5. The molecule has 8 heteroatoms. The molecule has 3 rings (SSSR count). The molecule has 1 aromatic rings. The molecule has 1 atom stereocenters. The van der Waals surface area contributed by atoms with E-state index >= 15 is 0 Å². The molecule has 6 nitrogen and oxygen atoms in total. The van der Waals surface area contributed by atoms with Crippen molar-refractivity contribution in [3.05, 3.63) is 11.8 Å². The van der Waals surface area contributed by atoms with Crippen molar-refractivity contribution < 1.29 is 8.42 Å². The second-order valence-electron chi connectivity index (χ2n) is 6.36. The molecular formula is C15H24N4O2S2. The van der Waals surface area contributed by atoms with Gasteiger partial charge < -0.3 is 4.90 Å². The van der Waals surface area contributed by atoms with Crippen molar-refractivity contribution in [2.45, 2.75) is 49.1 Å². The van der Waals surface area contributed by atoms with E-state index in [9.17, 15) is 8.42 Å². The molecule has 23 heavy (non-hydrogen) atoms. The normalized spacial score (nSPS) is 22.6. The molecule has 0 bridgehead atoms.